The van der Waals surface area contributed by atoms with Crippen molar-refractivity contribution >= 4 is 23.7 Å². The van der Waals surface area contributed by atoms with Gasteiger partial charge in [0, 0.05) is 14.2 Å². The van der Waals surface area contributed by atoms with Gasteiger partial charge in [-0.2, -0.15) is 0 Å². The molecule has 0 radical (unpaired) electrons. The number of para-hydroxylation sites is 1. The van der Waals surface area contributed by atoms with Crippen LogP contribution < -0.4 is 15.4 Å². The van der Waals surface area contributed by atoms with E-state index >= 15 is 0 Å². The molecule has 0 aliphatic rings. The number of nitrogens with zero attached hydrogens (tertiary/aromatic N) is 3. The molecule has 0 saturated carbocycles. The van der Waals surface area contributed by atoms with Crippen molar-refractivity contribution in [2.45, 2.75) is 30.0 Å². The maximum absolute atomic E-state index is 14.0. The predicted molar refractivity (Wildman–Crippen MR) is 125 cm³/mol. The SMILES string of the molecule is CNC(=O)NC(=O)[C@@H](Sc1nnc(COc2ccccc2F)n1[C@H](C)COC)c1ccccc1. The lowest BCUT2D eigenvalue weighted by molar-refractivity contribution is -0.119. The second kappa shape index (κ2) is 12.1. The van der Waals surface area contributed by atoms with Crippen molar-refractivity contribution in [3.05, 3.63) is 71.8 Å². The summed E-state index contributed by atoms with van der Waals surface area (Å²) < 4.78 is 26.7. The van der Waals surface area contributed by atoms with Gasteiger partial charge in [-0.3, -0.25) is 14.7 Å². The minimum Gasteiger partial charge on any atom is -0.483 e. The van der Waals surface area contributed by atoms with Gasteiger partial charge in [0.1, 0.15) is 11.9 Å². The van der Waals surface area contributed by atoms with E-state index in [1.54, 1.807) is 35.9 Å². The number of hydrogen-bond donors (Lipinski definition) is 2. The standard InChI is InChI=1S/C23H26FN5O4S/c1-15(13-32-3)29-19(14-33-18-12-8-7-11-17(18)24)27-28-23(29)34-20(16-9-5-4-6-10-16)21(30)26-22(31)25-2/h4-12,15,20H,13-14H2,1-3H3,(H2,25,26,30,31)/t15-,20+/m1/s1. The minimum absolute atomic E-state index is 0.0387. The van der Waals surface area contributed by atoms with Gasteiger partial charge in [-0.05, 0) is 24.6 Å². The van der Waals surface area contributed by atoms with E-state index in [1.165, 1.54) is 19.2 Å². The van der Waals surface area contributed by atoms with Crippen molar-refractivity contribution in [3.8, 4) is 5.75 Å². The quantitative estimate of drug-likeness (QED) is 0.422. The number of carbonyl (C=O) groups excluding carboxylic acids is 2. The summed E-state index contributed by atoms with van der Waals surface area (Å²) in [4.78, 5) is 24.7. The normalized spacial score (nSPS) is 12.6. The Morgan fingerprint density at radius 2 is 1.82 bits per heavy atom. The Morgan fingerprint density at radius 1 is 1.12 bits per heavy atom. The molecule has 3 rings (SSSR count). The highest BCUT2D eigenvalue weighted by atomic mass is 32.2. The maximum atomic E-state index is 14.0. The van der Waals surface area contributed by atoms with E-state index in [2.05, 4.69) is 20.8 Å². The second-order valence-electron chi connectivity index (χ2n) is 7.27. The number of methoxy groups -OCH3 is 1. The van der Waals surface area contributed by atoms with Crippen LogP contribution >= 0.6 is 11.8 Å². The fourth-order valence-electron chi connectivity index (χ4n) is 3.19. The average Bonchev–Trinajstić information content (AvgIpc) is 3.25. The number of thioether (sulfide) groups is 1. The molecular weight excluding hydrogens is 461 g/mol. The number of rotatable bonds is 10. The van der Waals surface area contributed by atoms with Crippen LogP contribution in [0.15, 0.2) is 59.8 Å². The van der Waals surface area contributed by atoms with E-state index in [-0.39, 0.29) is 18.4 Å². The van der Waals surface area contributed by atoms with Crippen molar-refractivity contribution in [1.29, 1.82) is 0 Å². The molecular formula is C23H26FN5O4S. The van der Waals surface area contributed by atoms with Crippen LogP contribution in [0.2, 0.25) is 0 Å². The molecule has 0 aliphatic heterocycles. The number of hydrogen-bond acceptors (Lipinski definition) is 7. The van der Waals surface area contributed by atoms with Crippen molar-refractivity contribution in [1.82, 2.24) is 25.4 Å². The molecule has 0 fully saturated rings. The predicted octanol–water partition coefficient (Wildman–Crippen LogP) is 3.49. The third-order valence-electron chi connectivity index (χ3n) is 4.80. The molecule has 11 heteroatoms. The van der Waals surface area contributed by atoms with Gasteiger partial charge in [-0.1, -0.05) is 54.2 Å². The smallest absolute Gasteiger partial charge is 0.321 e. The van der Waals surface area contributed by atoms with Crippen molar-refractivity contribution < 1.29 is 23.5 Å². The van der Waals surface area contributed by atoms with Crippen LogP contribution in [-0.2, 0) is 16.1 Å². The number of imide groups is 1. The molecule has 34 heavy (non-hydrogen) atoms. The Morgan fingerprint density at radius 3 is 2.50 bits per heavy atom. The topological polar surface area (TPSA) is 107 Å². The van der Waals surface area contributed by atoms with E-state index in [1.807, 2.05) is 25.1 Å². The number of carbonyl (C=O) groups is 2. The number of benzene rings is 2. The molecule has 1 heterocycles. The van der Waals surface area contributed by atoms with Crippen molar-refractivity contribution in [3.63, 3.8) is 0 Å². The molecule has 0 aliphatic carbocycles. The first kappa shape index (κ1) is 25.2. The van der Waals surface area contributed by atoms with Gasteiger partial charge in [-0.25, -0.2) is 9.18 Å². The lowest BCUT2D eigenvalue weighted by Crippen LogP contribution is -2.39. The first-order valence-corrected chi connectivity index (χ1v) is 11.4. The summed E-state index contributed by atoms with van der Waals surface area (Å²) in [6.45, 7) is 2.22. The highest BCUT2D eigenvalue weighted by Crippen LogP contribution is 2.36. The summed E-state index contributed by atoms with van der Waals surface area (Å²) in [5.74, 6) is -0.455. The number of ether oxygens (including phenoxy) is 2. The summed E-state index contributed by atoms with van der Waals surface area (Å²) in [6.07, 6.45) is 0. The largest absolute Gasteiger partial charge is 0.483 e. The van der Waals surface area contributed by atoms with E-state index in [0.29, 0.717) is 23.2 Å². The fourth-order valence-corrected chi connectivity index (χ4v) is 4.35. The van der Waals surface area contributed by atoms with E-state index in [9.17, 15) is 14.0 Å². The highest BCUT2D eigenvalue weighted by Gasteiger charge is 2.28. The Hall–Kier alpha value is -3.44. The highest BCUT2D eigenvalue weighted by molar-refractivity contribution is 8.00. The molecule has 180 valence electrons. The molecule has 3 amide bonds. The molecule has 0 bridgehead atoms. The molecule has 1 aromatic heterocycles. The van der Waals surface area contributed by atoms with E-state index < -0.39 is 23.0 Å². The number of urea groups is 1. The molecule has 0 unspecified atom stereocenters. The van der Waals surface area contributed by atoms with E-state index in [0.717, 1.165) is 11.8 Å². The Bertz CT molecular complexity index is 1110. The molecule has 2 N–H and O–H groups in total. The fraction of sp³-hybridized carbons (Fsp3) is 0.304. The number of amides is 3. The summed E-state index contributed by atoms with van der Waals surface area (Å²) in [5.41, 5.74) is 0.687. The van der Waals surface area contributed by atoms with Crippen molar-refractivity contribution in [2.75, 3.05) is 20.8 Å². The lowest BCUT2D eigenvalue weighted by Gasteiger charge is -2.20. The molecule has 0 spiro atoms. The van der Waals surface area contributed by atoms with Crippen LogP contribution in [0.25, 0.3) is 0 Å². The van der Waals surface area contributed by atoms with Crippen molar-refractivity contribution in [2.24, 2.45) is 0 Å². The third-order valence-corrected chi connectivity index (χ3v) is 6.02. The molecule has 2 atom stereocenters. The van der Waals surface area contributed by atoms with Crippen LogP contribution in [0.4, 0.5) is 9.18 Å². The summed E-state index contributed by atoms with van der Waals surface area (Å²) >= 11 is 1.14. The van der Waals surface area contributed by atoms with Gasteiger partial charge in [0.2, 0.25) is 5.91 Å². The zero-order valence-corrected chi connectivity index (χ0v) is 19.8. The first-order chi connectivity index (χ1) is 16.4. The van der Waals surface area contributed by atoms with Crippen LogP contribution in [0.5, 0.6) is 5.75 Å². The Balaban J connectivity index is 1.91. The number of aromatic nitrogens is 3. The molecule has 9 nitrogen and oxygen atoms in total. The zero-order chi connectivity index (χ0) is 24.5. The summed E-state index contributed by atoms with van der Waals surface area (Å²) in [6, 6.07) is 14.3. The van der Waals surface area contributed by atoms with Crippen LogP contribution in [0.3, 0.4) is 0 Å². The van der Waals surface area contributed by atoms with Crippen LogP contribution in [-0.4, -0.2) is 47.5 Å². The summed E-state index contributed by atoms with van der Waals surface area (Å²) in [7, 11) is 3.00. The minimum atomic E-state index is -0.781. The summed E-state index contributed by atoms with van der Waals surface area (Å²) in [5, 5.41) is 12.8. The van der Waals surface area contributed by atoms with Gasteiger partial charge in [0.25, 0.3) is 0 Å². The van der Waals surface area contributed by atoms with Gasteiger partial charge in [0.15, 0.2) is 22.5 Å². The van der Waals surface area contributed by atoms with E-state index in [4.69, 9.17) is 9.47 Å². The maximum Gasteiger partial charge on any atom is 0.321 e. The van der Waals surface area contributed by atoms with Crippen LogP contribution in [0, 0.1) is 5.82 Å². The monoisotopic (exact) mass is 487 g/mol. The lowest BCUT2D eigenvalue weighted by atomic mass is 10.1. The number of nitrogens with one attached hydrogen (secondary N) is 2. The molecule has 0 saturated heterocycles. The van der Waals surface area contributed by atoms with Crippen LogP contribution in [0.1, 0.15) is 29.6 Å². The Kier molecular flexibility index (Phi) is 9.00. The van der Waals surface area contributed by atoms with Gasteiger partial charge >= 0.3 is 6.03 Å². The molecule has 3 aromatic rings. The van der Waals surface area contributed by atoms with Gasteiger partial charge in [-0.15, -0.1) is 10.2 Å². The molecule has 2 aromatic carbocycles. The average molecular weight is 488 g/mol. The first-order valence-electron chi connectivity index (χ1n) is 10.5. The van der Waals surface area contributed by atoms with Gasteiger partial charge in [0.05, 0.1) is 12.6 Å². The second-order valence-corrected chi connectivity index (χ2v) is 8.34. The van der Waals surface area contributed by atoms with Gasteiger partial charge < -0.3 is 14.8 Å². The third kappa shape index (κ3) is 6.33. The Labute approximate surface area is 201 Å². The zero-order valence-electron chi connectivity index (χ0n) is 19.0. The number of halogens is 1.